The molecule has 0 fully saturated rings. The van der Waals surface area contributed by atoms with Gasteiger partial charge >= 0.3 is 5.97 Å². The highest BCUT2D eigenvalue weighted by atomic mass is 19.3. The highest BCUT2D eigenvalue weighted by Gasteiger charge is 2.20. The lowest BCUT2D eigenvalue weighted by molar-refractivity contribution is 0.0697. The predicted molar refractivity (Wildman–Crippen MR) is 97.9 cm³/mol. The number of carboxylic acids is 1. The molecule has 0 aromatic carbocycles. The first-order chi connectivity index (χ1) is 12.8. The van der Waals surface area contributed by atoms with Crippen molar-refractivity contribution in [3.8, 4) is 16.9 Å². The normalized spacial score (nSPS) is 10.0. The number of carbonyl (C=O) groups is 1. The zero-order chi connectivity index (χ0) is 20.6. The van der Waals surface area contributed by atoms with E-state index < -0.39 is 18.1 Å². The fourth-order valence-electron chi connectivity index (χ4n) is 2.05. The van der Waals surface area contributed by atoms with Crippen LogP contribution in [0.25, 0.3) is 11.1 Å². The van der Waals surface area contributed by atoms with Gasteiger partial charge in [-0.05, 0) is 32.3 Å². The van der Waals surface area contributed by atoms with Crippen molar-refractivity contribution >= 4 is 11.7 Å². The van der Waals surface area contributed by atoms with Gasteiger partial charge in [-0.25, -0.2) is 13.6 Å². The minimum atomic E-state index is -2.82. The summed E-state index contributed by atoms with van der Waals surface area (Å²) < 4.78 is 31.0. The number of aromatic carboxylic acids is 1. The van der Waals surface area contributed by atoms with Gasteiger partial charge in [-0.15, -0.1) is 0 Å². The maximum absolute atomic E-state index is 12.9. The topological polar surface area (TPSA) is 108 Å². The lowest BCUT2D eigenvalue weighted by Crippen LogP contribution is -2.06. The maximum atomic E-state index is 12.9. The van der Waals surface area contributed by atoms with Gasteiger partial charge in [0, 0.05) is 17.3 Å². The van der Waals surface area contributed by atoms with E-state index in [1.54, 1.807) is 0 Å². The van der Waals surface area contributed by atoms with Crippen LogP contribution in [0.4, 0.5) is 8.78 Å². The zero-order valence-corrected chi connectivity index (χ0v) is 15.1. The molecule has 0 spiro atoms. The summed E-state index contributed by atoms with van der Waals surface area (Å²) in [6, 6.07) is 2.38. The van der Waals surface area contributed by atoms with Gasteiger partial charge in [0.1, 0.15) is 11.4 Å². The molecule has 3 N–H and O–H groups in total. The third-order valence-corrected chi connectivity index (χ3v) is 3.24. The van der Waals surface area contributed by atoms with Crippen LogP contribution in [0.2, 0.25) is 0 Å². The molecule has 27 heavy (non-hydrogen) atoms. The molecule has 0 aliphatic rings. The summed E-state index contributed by atoms with van der Waals surface area (Å²) in [5, 5.41) is 19.8. The van der Waals surface area contributed by atoms with Gasteiger partial charge in [-0.1, -0.05) is 6.58 Å². The molecule has 0 unspecified atom stereocenters. The summed E-state index contributed by atoms with van der Waals surface area (Å²) in [7, 11) is 5.07. The van der Waals surface area contributed by atoms with E-state index in [0.29, 0.717) is 0 Å². The molecule has 0 saturated carbocycles. The molecule has 0 aliphatic carbocycles. The van der Waals surface area contributed by atoms with Crippen LogP contribution < -0.4 is 10.1 Å². The number of allylic oxidation sites excluding steroid dienone is 1. The zero-order valence-electron chi connectivity index (χ0n) is 15.1. The standard InChI is InChI=1S/C16H13F2N3O3.C2H7N/c1-3-11(19)12-4-8(10(6-20-12)16(22)23)9-5-13(15(17)18)21-7-14(9)24-2;1-3-2/h3-7,15,19H,1H2,2H3,(H,22,23);3H,1-2H3. The Morgan fingerprint density at radius 1 is 1.30 bits per heavy atom. The van der Waals surface area contributed by atoms with E-state index in [-0.39, 0.29) is 33.8 Å². The van der Waals surface area contributed by atoms with Crippen molar-refractivity contribution in [2.75, 3.05) is 21.2 Å². The van der Waals surface area contributed by atoms with Crippen LogP contribution in [0, 0.1) is 5.41 Å². The quantitative estimate of drug-likeness (QED) is 0.666. The van der Waals surface area contributed by atoms with E-state index in [0.717, 1.165) is 18.5 Å². The van der Waals surface area contributed by atoms with Crippen LogP contribution in [0.15, 0.2) is 37.2 Å². The summed E-state index contributed by atoms with van der Waals surface area (Å²) >= 11 is 0. The SMILES string of the molecule is C=CC(=N)c1cc(-c2cc(C(F)F)ncc2OC)c(C(=O)O)cn1.CNC. The van der Waals surface area contributed by atoms with E-state index >= 15 is 0 Å². The first kappa shape index (κ1) is 21.8. The van der Waals surface area contributed by atoms with Gasteiger partial charge in [0.2, 0.25) is 0 Å². The fourth-order valence-corrected chi connectivity index (χ4v) is 2.05. The van der Waals surface area contributed by atoms with Crippen molar-refractivity contribution in [2.45, 2.75) is 6.43 Å². The Morgan fingerprint density at radius 2 is 1.93 bits per heavy atom. The predicted octanol–water partition coefficient (Wildman–Crippen LogP) is 3.18. The molecule has 7 nitrogen and oxygen atoms in total. The summed E-state index contributed by atoms with van der Waals surface area (Å²) in [5.41, 5.74) is -0.377. The maximum Gasteiger partial charge on any atom is 0.337 e. The van der Waals surface area contributed by atoms with Crippen LogP contribution in [0.1, 0.15) is 28.2 Å². The van der Waals surface area contributed by atoms with Gasteiger partial charge in [-0.2, -0.15) is 0 Å². The Hall–Kier alpha value is -3.20. The average molecular weight is 378 g/mol. The average Bonchev–Trinajstić information content (AvgIpc) is 2.66. The van der Waals surface area contributed by atoms with Crippen LogP contribution >= 0.6 is 0 Å². The van der Waals surface area contributed by atoms with Crippen LogP contribution in [0.3, 0.4) is 0 Å². The van der Waals surface area contributed by atoms with Crippen molar-refractivity contribution in [3.05, 3.63) is 54.1 Å². The number of pyridine rings is 2. The molecule has 0 aliphatic heterocycles. The van der Waals surface area contributed by atoms with E-state index in [1.807, 2.05) is 14.1 Å². The lowest BCUT2D eigenvalue weighted by atomic mass is 9.99. The fraction of sp³-hybridized carbons (Fsp3) is 0.222. The number of nitrogens with zero attached hydrogens (tertiary/aromatic N) is 2. The van der Waals surface area contributed by atoms with E-state index in [9.17, 15) is 18.7 Å². The second kappa shape index (κ2) is 10.1. The van der Waals surface area contributed by atoms with Crippen LogP contribution in [0.5, 0.6) is 5.75 Å². The summed E-state index contributed by atoms with van der Waals surface area (Å²) in [4.78, 5) is 18.9. The van der Waals surface area contributed by atoms with Crippen molar-refractivity contribution in [2.24, 2.45) is 0 Å². The number of alkyl halides is 2. The lowest BCUT2D eigenvalue weighted by Gasteiger charge is -2.13. The molecular weight excluding hydrogens is 358 g/mol. The molecule has 144 valence electrons. The Labute approximate surface area is 155 Å². The molecule has 0 amide bonds. The van der Waals surface area contributed by atoms with Gasteiger partial charge in [0.15, 0.2) is 0 Å². The van der Waals surface area contributed by atoms with Crippen LogP contribution in [-0.2, 0) is 0 Å². The number of hydrogen-bond donors (Lipinski definition) is 3. The Bertz CT molecular complexity index is 841. The molecule has 2 rings (SSSR count). The number of ether oxygens (including phenoxy) is 1. The van der Waals surface area contributed by atoms with E-state index in [2.05, 4.69) is 21.9 Å². The van der Waals surface area contributed by atoms with Crippen molar-refractivity contribution in [1.82, 2.24) is 15.3 Å². The number of methoxy groups -OCH3 is 1. The first-order valence-corrected chi connectivity index (χ1v) is 7.66. The van der Waals surface area contributed by atoms with Gasteiger partial charge < -0.3 is 15.2 Å². The van der Waals surface area contributed by atoms with E-state index in [1.165, 1.54) is 19.3 Å². The third kappa shape index (κ3) is 5.38. The third-order valence-electron chi connectivity index (χ3n) is 3.24. The van der Waals surface area contributed by atoms with E-state index in [4.69, 9.17) is 10.1 Å². The molecule has 0 saturated heterocycles. The minimum Gasteiger partial charge on any atom is -0.494 e. The molecule has 0 atom stereocenters. The van der Waals surface area contributed by atoms with Gasteiger partial charge in [-0.3, -0.25) is 15.4 Å². The number of aromatic nitrogens is 2. The second-order valence-corrected chi connectivity index (χ2v) is 5.15. The van der Waals surface area contributed by atoms with Crippen LogP contribution in [-0.4, -0.2) is 48.0 Å². The van der Waals surface area contributed by atoms with Gasteiger partial charge in [0.25, 0.3) is 6.43 Å². The van der Waals surface area contributed by atoms with Crippen molar-refractivity contribution < 1.29 is 23.4 Å². The Morgan fingerprint density at radius 3 is 2.41 bits per heavy atom. The number of halogens is 2. The molecule has 0 radical (unpaired) electrons. The number of rotatable bonds is 6. The van der Waals surface area contributed by atoms with Crippen molar-refractivity contribution in [1.29, 1.82) is 5.41 Å². The molecule has 2 heterocycles. The molecule has 2 aromatic heterocycles. The molecule has 9 heteroatoms. The van der Waals surface area contributed by atoms with Crippen molar-refractivity contribution in [3.63, 3.8) is 0 Å². The minimum absolute atomic E-state index is 0.0321. The second-order valence-electron chi connectivity index (χ2n) is 5.15. The van der Waals surface area contributed by atoms with Gasteiger partial charge in [0.05, 0.1) is 30.3 Å². The Balaban J connectivity index is 0.00000114. The molecular formula is C18H20F2N4O3. The molecule has 0 bridgehead atoms. The summed E-state index contributed by atoms with van der Waals surface area (Å²) in [6.45, 7) is 3.45. The monoisotopic (exact) mass is 378 g/mol. The highest BCUT2D eigenvalue weighted by molar-refractivity contribution is 6.06. The summed E-state index contributed by atoms with van der Waals surface area (Å²) in [6.07, 6.45) is 0.575. The first-order valence-electron chi connectivity index (χ1n) is 7.66. The number of nitrogens with one attached hydrogen (secondary N) is 2. The molecule has 2 aromatic rings. The number of hydrogen-bond acceptors (Lipinski definition) is 6. The smallest absolute Gasteiger partial charge is 0.337 e. The highest BCUT2D eigenvalue weighted by Crippen LogP contribution is 2.34. The summed E-state index contributed by atoms with van der Waals surface area (Å²) in [5.74, 6) is -1.16. The number of carboxylic acid groups (broad SMARTS) is 1. The largest absolute Gasteiger partial charge is 0.494 e. The Kier molecular flexibility index (Phi) is 8.15.